The number of hydrogen-bond acceptors (Lipinski definition) is 8. The Bertz CT molecular complexity index is 2160. The average molecular weight is 824 g/mol. The Balaban J connectivity index is 0.000000151. The van der Waals surface area contributed by atoms with E-state index in [0.29, 0.717) is 17.2 Å². The third-order valence-electron chi connectivity index (χ3n) is 6.79. The van der Waals surface area contributed by atoms with E-state index in [1.54, 1.807) is 73.1 Å². The highest BCUT2D eigenvalue weighted by molar-refractivity contribution is 14.1. The molecular formula is C28H22I2N6O4S2. The van der Waals surface area contributed by atoms with Crippen LogP contribution >= 0.6 is 45.2 Å². The molecule has 6 aromatic rings. The van der Waals surface area contributed by atoms with E-state index in [-0.39, 0.29) is 9.79 Å². The topological polar surface area (TPSA) is 130 Å². The van der Waals surface area contributed by atoms with Gasteiger partial charge in [0.2, 0.25) is 0 Å². The van der Waals surface area contributed by atoms with Crippen LogP contribution in [-0.2, 0) is 20.0 Å². The second-order valence-corrected chi connectivity index (χ2v) is 15.5. The van der Waals surface area contributed by atoms with Crippen LogP contribution in [0.2, 0.25) is 0 Å². The number of halogens is 2. The van der Waals surface area contributed by atoms with Crippen LogP contribution in [0.25, 0.3) is 22.1 Å². The fourth-order valence-corrected chi connectivity index (χ4v) is 9.36. The van der Waals surface area contributed by atoms with Crippen molar-refractivity contribution < 1.29 is 16.8 Å². The molecule has 0 amide bonds. The molecule has 0 saturated heterocycles. The van der Waals surface area contributed by atoms with E-state index in [2.05, 4.69) is 65.1 Å². The molecule has 214 valence electrons. The van der Waals surface area contributed by atoms with Crippen LogP contribution in [0.4, 0.5) is 0 Å². The lowest BCUT2D eigenvalue weighted by Crippen LogP contribution is -2.12. The Morgan fingerprint density at radius 2 is 1.12 bits per heavy atom. The summed E-state index contributed by atoms with van der Waals surface area (Å²) in [5.74, 6) is 0.439. The van der Waals surface area contributed by atoms with Crippen LogP contribution in [0.5, 0.6) is 0 Å². The van der Waals surface area contributed by atoms with Crippen molar-refractivity contribution in [3.8, 4) is 0 Å². The van der Waals surface area contributed by atoms with Crippen molar-refractivity contribution in [2.45, 2.75) is 35.5 Å². The molecule has 0 unspecified atom stereocenters. The normalized spacial score (nSPS) is 13.7. The standard InChI is InChI=1S/C15H12IN3O2S.C13H10IN3O2S/c16-12-8-19(22(20,21)11-4-2-1-3-5-11)15-13(12)14(10-6-7-10)17-9-18-15;1-9-12-11(14)7-17(13(12)16-8-15-9)20(18,19)10-5-3-2-4-6-10/h1-5,8-10H,6-7H2;2-8H,1H3. The zero-order valence-corrected chi connectivity index (χ0v) is 27.9. The van der Waals surface area contributed by atoms with E-state index in [0.717, 1.165) is 42.1 Å². The van der Waals surface area contributed by atoms with Gasteiger partial charge < -0.3 is 0 Å². The van der Waals surface area contributed by atoms with E-state index in [4.69, 9.17) is 0 Å². The van der Waals surface area contributed by atoms with Gasteiger partial charge in [0.15, 0.2) is 11.3 Å². The summed E-state index contributed by atoms with van der Waals surface area (Å²) in [5.41, 5.74) is 2.61. The highest BCUT2D eigenvalue weighted by atomic mass is 127. The van der Waals surface area contributed by atoms with Crippen LogP contribution in [0.3, 0.4) is 0 Å². The fraction of sp³-hybridized carbons (Fsp3) is 0.143. The summed E-state index contributed by atoms with van der Waals surface area (Å²) in [6.07, 6.45) is 8.27. The zero-order valence-electron chi connectivity index (χ0n) is 22.0. The summed E-state index contributed by atoms with van der Waals surface area (Å²) in [7, 11) is -7.29. The first-order chi connectivity index (χ1) is 20.1. The largest absolute Gasteiger partial charge is 0.269 e. The highest BCUT2D eigenvalue weighted by Gasteiger charge is 2.31. The number of benzene rings is 2. The molecule has 1 aliphatic carbocycles. The smallest absolute Gasteiger partial charge is 0.241 e. The molecule has 42 heavy (non-hydrogen) atoms. The third kappa shape index (κ3) is 5.22. The van der Waals surface area contributed by atoms with Crippen molar-refractivity contribution in [1.82, 2.24) is 27.9 Å². The number of rotatable bonds is 5. The summed E-state index contributed by atoms with van der Waals surface area (Å²) >= 11 is 4.26. The minimum Gasteiger partial charge on any atom is -0.241 e. The van der Waals surface area contributed by atoms with E-state index in [1.165, 1.54) is 20.6 Å². The summed E-state index contributed by atoms with van der Waals surface area (Å²) in [6, 6.07) is 16.7. The lowest BCUT2D eigenvalue weighted by molar-refractivity contribution is 0.587. The number of aryl methyl sites for hydroxylation is 1. The van der Waals surface area contributed by atoms with Gasteiger partial charge in [-0.25, -0.2) is 44.7 Å². The first-order valence-corrected chi connectivity index (χ1v) is 17.8. The monoisotopic (exact) mass is 824 g/mol. The third-order valence-corrected chi connectivity index (χ3v) is 11.8. The van der Waals surface area contributed by atoms with Gasteiger partial charge in [0.1, 0.15) is 12.7 Å². The number of aromatic nitrogens is 6. The second kappa shape index (κ2) is 11.3. The SMILES string of the molecule is Cc1ncnc2c1c(I)cn2S(=O)(=O)c1ccccc1.O=S(=O)(c1ccccc1)n1cc(I)c2c(C3CC3)ncnc21. The second-order valence-electron chi connectivity index (χ2n) is 9.57. The van der Waals surface area contributed by atoms with E-state index >= 15 is 0 Å². The van der Waals surface area contributed by atoms with Crippen molar-refractivity contribution in [3.05, 3.63) is 104 Å². The van der Waals surface area contributed by atoms with Gasteiger partial charge in [-0.3, -0.25) is 0 Å². The molecule has 4 heterocycles. The Hall–Kier alpha value is -2.96. The molecule has 0 N–H and O–H groups in total. The molecule has 2 aromatic carbocycles. The summed E-state index contributed by atoms with van der Waals surface area (Å²) in [4.78, 5) is 17.3. The molecule has 0 radical (unpaired) electrons. The van der Waals surface area contributed by atoms with Gasteiger partial charge in [-0.15, -0.1) is 0 Å². The maximum Gasteiger partial charge on any atom is 0.269 e. The average Bonchev–Trinajstić information content (AvgIpc) is 3.70. The van der Waals surface area contributed by atoms with Crippen molar-refractivity contribution in [3.63, 3.8) is 0 Å². The van der Waals surface area contributed by atoms with Crippen LogP contribution in [-0.4, -0.2) is 44.7 Å². The van der Waals surface area contributed by atoms with Gasteiger partial charge in [-0.05, 0) is 89.2 Å². The van der Waals surface area contributed by atoms with Crippen LogP contribution < -0.4 is 0 Å². The molecule has 1 saturated carbocycles. The van der Waals surface area contributed by atoms with Gasteiger partial charge >= 0.3 is 0 Å². The van der Waals surface area contributed by atoms with E-state index in [9.17, 15) is 16.8 Å². The quantitative estimate of drug-likeness (QED) is 0.202. The van der Waals surface area contributed by atoms with Gasteiger partial charge in [0.25, 0.3) is 20.0 Å². The predicted octanol–water partition coefficient (Wildman–Crippen LogP) is 5.73. The minimum absolute atomic E-state index is 0.240. The molecule has 1 fully saturated rings. The fourth-order valence-electron chi connectivity index (χ4n) is 4.60. The Morgan fingerprint density at radius 3 is 1.62 bits per heavy atom. The van der Waals surface area contributed by atoms with Gasteiger partial charge in [0.05, 0.1) is 32.0 Å². The number of hydrogen-bond donors (Lipinski definition) is 0. The van der Waals surface area contributed by atoms with Crippen molar-refractivity contribution >= 4 is 87.3 Å². The Morgan fingerprint density at radius 1 is 0.667 bits per heavy atom. The highest BCUT2D eigenvalue weighted by Crippen LogP contribution is 2.43. The number of nitrogens with zero attached hydrogens (tertiary/aromatic N) is 6. The Kier molecular flexibility index (Phi) is 7.82. The minimum atomic E-state index is -3.65. The first-order valence-electron chi connectivity index (χ1n) is 12.7. The van der Waals surface area contributed by atoms with Crippen LogP contribution in [0.1, 0.15) is 30.1 Å². The molecule has 14 heteroatoms. The number of fused-ring (bicyclic) bond motifs is 2. The Labute approximate surface area is 269 Å². The van der Waals surface area contributed by atoms with E-state index in [1.807, 2.05) is 6.92 Å². The molecule has 10 nitrogen and oxygen atoms in total. The van der Waals surface area contributed by atoms with Crippen molar-refractivity contribution in [2.75, 3.05) is 0 Å². The zero-order chi connectivity index (χ0) is 29.6. The predicted molar refractivity (Wildman–Crippen MR) is 175 cm³/mol. The summed E-state index contributed by atoms with van der Waals surface area (Å²) < 4.78 is 55.2. The van der Waals surface area contributed by atoms with Gasteiger partial charge in [-0.2, -0.15) is 0 Å². The molecule has 0 aliphatic heterocycles. The maximum absolute atomic E-state index is 12.9. The maximum atomic E-state index is 12.9. The van der Waals surface area contributed by atoms with E-state index < -0.39 is 20.0 Å². The summed E-state index contributed by atoms with van der Waals surface area (Å²) in [5, 5.41) is 1.64. The molecule has 1 aliphatic rings. The first kappa shape index (κ1) is 29.1. The molecule has 4 aromatic heterocycles. The van der Waals surface area contributed by atoms with Crippen LogP contribution in [0, 0.1) is 14.1 Å². The van der Waals surface area contributed by atoms with Crippen LogP contribution in [0.15, 0.2) is 95.5 Å². The summed E-state index contributed by atoms with van der Waals surface area (Å²) in [6.45, 7) is 1.84. The van der Waals surface area contributed by atoms with Crippen molar-refractivity contribution in [2.24, 2.45) is 0 Å². The lowest BCUT2D eigenvalue weighted by atomic mass is 10.2. The molecule has 0 atom stereocenters. The van der Waals surface area contributed by atoms with Gasteiger partial charge in [0, 0.05) is 25.5 Å². The molecule has 0 bridgehead atoms. The lowest BCUT2D eigenvalue weighted by Gasteiger charge is -2.07. The van der Waals surface area contributed by atoms with Crippen molar-refractivity contribution in [1.29, 1.82) is 0 Å². The molecule has 0 spiro atoms. The molecule has 7 rings (SSSR count). The van der Waals surface area contributed by atoms with Gasteiger partial charge in [-0.1, -0.05) is 36.4 Å². The molecular weight excluding hydrogens is 802 g/mol.